The Morgan fingerprint density at radius 2 is 2.06 bits per heavy atom. The van der Waals surface area contributed by atoms with Gasteiger partial charge in [0.1, 0.15) is 0 Å². The van der Waals surface area contributed by atoms with Crippen LogP contribution in [0.5, 0.6) is 5.88 Å². The Bertz CT molecular complexity index is 392. The summed E-state index contributed by atoms with van der Waals surface area (Å²) in [7, 11) is 1.66. The summed E-state index contributed by atoms with van der Waals surface area (Å²) in [5.74, 6) is 0.728. The normalized spacial score (nSPS) is 17.9. The third-order valence-electron chi connectivity index (χ3n) is 3.28. The van der Waals surface area contributed by atoms with Crippen molar-refractivity contribution in [3.63, 3.8) is 0 Å². The SMILES string of the molecule is COc1ncc(CN2CCN(SC)CC2)cc1C. The maximum absolute atomic E-state index is 5.18. The fraction of sp³-hybridized carbons (Fsp3) is 0.615. The lowest BCUT2D eigenvalue weighted by atomic mass is 10.2. The van der Waals surface area contributed by atoms with Gasteiger partial charge in [-0.05, 0) is 24.8 Å². The van der Waals surface area contributed by atoms with Gasteiger partial charge in [-0.3, -0.25) is 4.90 Å². The molecule has 2 heterocycles. The second-order valence-corrected chi connectivity index (χ2v) is 5.44. The topological polar surface area (TPSA) is 28.6 Å². The van der Waals surface area contributed by atoms with Crippen molar-refractivity contribution in [2.45, 2.75) is 13.5 Å². The van der Waals surface area contributed by atoms with Crippen LogP contribution in [-0.4, -0.2) is 53.7 Å². The number of piperazine rings is 1. The van der Waals surface area contributed by atoms with E-state index in [2.05, 4.69) is 26.5 Å². The standard InChI is InChI=1S/C13H21N3OS/c1-11-8-12(9-14-13(11)17-2)10-15-4-6-16(18-3)7-5-15/h8-9H,4-7,10H2,1-3H3. The number of hydrogen-bond donors (Lipinski definition) is 0. The van der Waals surface area contributed by atoms with Gasteiger partial charge in [0.25, 0.3) is 0 Å². The summed E-state index contributed by atoms with van der Waals surface area (Å²) in [6, 6.07) is 2.17. The van der Waals surface area contributed by atoms with Crippen LogP contribution in [0.25, 0.3) is 0 Å². The van der Waals surface area contributed by atoms with Crippen LogP contribution in [0.1, 0.15) is 11.1 Å². The number of aromatic nitrogens is 1. The number of nitrogens with zero attached hydrogens (tertiary/aromatic N) is 3. The zero-order valence-corrected chi connectivity index (χ0v) is 12.2. The molecule has 1 fully saturated rings. The highest BCUT2D eigenvalue weighted by Gasteiger charge is 2.16. The van der Waals surface area contributed by atoms with E-state index < -0.39 is 0 Å². The molecular formula is C13H21N3OS. The Balaban J connectivity index is 1.92. The molecule has 0 atom stereocenters. The fourth-order valence-corrected chi connectivity index (χ4v) is 2.78. The van der Waals surface area contributed by atoms with E-state index in [-0.39, 0.29) is 0 Å². The van der Waals surface area contributed by atoms with E-state index in [9.17, 15) is 0 Å². The third kappa shape index (κ3) is 3.37. The number of aryl methyl sites for hydroxylation is 1. The molecule has 1 saturated heterocycles. The summed E-state index contributed by atoms with van der Waals surface area (Å²) in [6.45, 7) is 7.58. The molecule has 18 heavy (non-hydrogen) atoms. The minimum Gasteiger partial charge on any atom is -0.481 e. The number of ether oxygens (including phenoxy) is 1. The summed E-state index contributed by atoms with van der Waals surface area (Å²) in [4.78, 5) is 6.81. The lowest BCUT2D eigenvalue weighted by molar-refractivity contribution is 0.189. The summed E-state index contributed by atoms with van der Waals surface area (Å²) in [5.41, 5.74) is 2.38. The van der Waals surface area contributed by atoms with Gasteiger partial charge >= 0.3 is 0 Å². The number of methoxy groups -OCH3 is 1. The van der Waals surface area contributed by atoms with Crippen LogP contribution in [0.3, 0.4) is 0 Å². The highest BCUT2D eigenvalue weighted by molar-refractivity contribution is 7.96. The van der Waals surface area contributed by atoms with E-state index in [4.69, 9.17) is 4.74 Å². The Labute approximate surface area is 113 Å². The summed E-state index contributed by atoms with van der Waals surface area (Å²) < 4.78 is 7.60. The van der Waals surface area contributed by atoms with Gasteiger partial charge in [-0.25, -0.2) is 9.29 Å². The van der Waals surface area contributed by atoms with E-state index in [0.29, 0.717) is 0 Å². The van der Waals surface area contributed by atoms with Crippen molar-refractivity contribution in [1.82, 2.24) is 14.2 Å². The molecule has 0 saturated carbocycles. The van der Waals surface area contributed by atoms with Crippen LogP contribution in [0, 0.1) is 6.92 Å². The Hall–Kier alpha value is -0.780. The van der Waals surface area contributed by atoms with Gasteiger partial charge in [0, 0.05) is 44.5 Å². The van der Waals surface area contributed by atoms with Crippen LogP contribution in [-0.2, 0) is 6.54 Å². The van der Waals surface area contributed by atoms with E-state index >= 15 is 0 Å². The molecule has 0 bridgehead atoms. The monoisotopic (exact) mass is 267 g/mol. The third-order valence-corrected chi connectivity index (χ3v) is 4.16. The second kappa shape index (κ2) is 6.41. The minimum absolute atomic E-state index is 0.728. The highest BCUT2D eigenvalue weighted by Crippen LogP contribution is 2.17. The van der Waals surface area contributed by atoms with Crippen molar-refractivity contribution in [1.29, 1.82) is 0 Å². The smallest absolute Gasteiger partial charge is 0.215 e. The molecule has 0 unspecified atom stereocenters. The van der Waals surface area contributed by atoms with Crippen LogP contribution in [0.2, 0.25) is 0 Å². The molecule has 100 valence electrons. The summed E-state index contributed by atoms with van der Waals surface area (Å²) >= 11 is 1.84. The van der Waals surface area contributed by atoms with Gasteiger partial charge in [0.2, 0.25) is 5.88 Å². The average Bonchev–Trinajstić information content (AvgIpc) is 2.40. The molecule has 0 radical (unpaired) electrons. The quantitative estimate of drug-likeness (QED) is 0.776. The molecular weight excluding hydrogens is 246 g/mol. The van der Waals surface area contributed by atoms with E-state index in [1.807, 2.05) is 25.1 Å². The molecule has 0 spiro atoms. The minimum atomic E-state index is 0.728. The van der Waals surface area contributed by atoms with Gasteiger partial charge in [0.05, 0.1) is 7.11 Å². The summed E-state index contributed by atoms with van der Waals surface area (Å²) in [5, 5.41) is 0. The Kier molecular flexibility index (Phi) is 4.86. The van der Waals surface area contributed by atoms with E-state index in [1.54, 1.807) is 7.11 Å². The zero-order valence-electron chi connectivity index (χ0n) is 11.3. The molecule has 1 aromatic heterocycles. The molecule has 1 aromatic rings. The molecule has 0 aromatic carbocycles. The number of rotatable bonds is 4. The van der Waals surface area contributed by atoms with Crippen LogP contribution in [0.15, 0.2) is 12.3 Å². The van der Waals surface area contributed by atoms with Gasteiger partial charge < -0.3 is 4.74 Å². The molecule has 0 N–H and O–H groups in total. The predicted molar refractivity (Wildman–Crippen MR) is 75.9 cm³/mol. The first-order chi connectivity index (χ1) is 8.72. The van der Waals surface area contributed by atoms with Crippen molar-refractivity contribution in [3.8, 4) is 5.88 Å². The van der Waals surface area contributed by atoms with Gasteiger partial charge in [-0.2, -0.15) is 0 Å². The van der Waals surface area contributed by atoms with E-state index in [1.165, 1.54) is 5.56 Å². The maximum atomic E-state index is 5.18. The van der Waals surface area contributed by atoms with Gasteiger partial charge in [-0.15, -0.1) is 0 Å². The molecule has 0 aliphatic carbocycles. The molecule has 1 aliphatic heterocycles. The lowest BCUT2D eigenvalue weighted by Crippen LogP contribution is -2.42. The Morgan fingerprint density at radius 1 is 1.33 bits per heavy atom. The first-order valence-electron chi connectivity index (χ1n) is 6.24. The van der Waals surface area contributed by atoms with E-state index in [0.717, 1.165) is 44.2 Å². The summed E-state index contributed by atoms with van der Waals surface area (Å²) in [6.07, 6.45) is 4.07. The first kappa shape index (κ1) is 13.6. The number of hydrogen-bond acceptors (Lipinski definition) is 5. The average molecular weight is 267 g/mol. The number of pyridine rings is 1. The second-order valence-electron chi connectivity index (χ2n) is 4.56. The van der Waals surface area contributed by atoms with Crippen molar-refractivity contribution in [2.24, 2.45) is 0 Å². The van der Waals surface area contributed by atoms with Crippen molar-refractivity contribution in [2.75, 3.05) is 39.5 Å². The van der Waals surface area contributed by atoms with Crippen molar-refractivity contribution >= 4 is 11.9 Å². The lowest BCUT2D eigenvalue weighted by Gasteiger charge is -2.33. The fourth-order valence-electron chi connectivity index (χ4n) is 2.25. The molecule has 0 amide bonds. The van der Waals surface area contributed by atoms with Crippen LogP contribution in [0.4, 0.5) is 0 Å². The van der Waals surface area contributed by atoms with Crippen molar-refractivity contribution in [3.05, 3.63) is 23.4 Å². The van der Waals surface area contributed by atoms with Crippen LogP contribution < -0.4 is 4.74 Å². The molecule has 1 aliphatic rings. The van der Waals surface area contributed by atoms with Crippen molar-refractivity contribution < 1.29 is 4.74 Å². The maximum Gasteiger partial charge on any atom is 0.215 e. The Morgan fingerprint density at radius 3 is 2.61 bits per heavy atom. The molecule has 2 rings (SSSR count). The van der Waals surface area contributed by atoms with Gasteiger partial charge in [-0.1, -0.05) is 11.9 Å². The van der Waals surface area contributed by atoms with Crippen LogP contribution >= 0.6 is 11.9 Å². The first-order valence-corrected chi connectivity index (χ1v) is 7.42. The molecule has 5 heteroatoms. The zero-order chi connectivity index (χ0) is 13.0. The predicted octanol–water partition coefficient (Wildman–Crippen LogP) is 1.79. The highest BCUT2D eigenvalue weighted by atomic mass is 32.2. The molecule has 4 nitrogen and oxygen atoms in total. The van der Waals surface area contributed by atoms with Gasteiger partial charge in [0.15, 0.2) is 0 Å². The largest absolute Gasteiger partial charge is 0.481 e.